The fraction of sp³-hybridized carbons (Fsp3) is 0.300. The number of hydrogen-bond acceptors (Lipinski definition) is 9. The van der Waals surface area contributed by atoms with E-state index in [0.29, 0.717) is 5.95 Å². The van der Waals surface area contributed by atoms with Crippen molar-refractivity contribution in [2.45, 2.75) is 0 Å². The summed E-state index contributed by atoms with van der Waals surface area (Å²) in [5, 5.41) is 8.95. The van der Waals surface area contributed by atoms with Gasteiger partial charge in [0.05, 0.1) is 0 Å². The number of carbonyl (C=O) groups excluding carboxylic acids is 2. The molecule has 2 N–H and O–H groups in total. The average Bonchev–Trinajstić information content (AvgIpc) is 3.00. The number of amides is 2. The molecule has 108 valence electrons. The highest BCUT2D eigenvalue weighted by atomic mass is 16.2. The van der Waals surface area contributed by atoms with E-state index in [9.17, 15) is 9.59 Å². The van der Waals surface area contributed by atoms with E-state index in [2.05, 4.69) is 35.7 Å². The van der Waals surface area contributed by atoms with Crippen molar-refractivity contribution in [3.05, 3.63) is 12.7 Å². The van der Waals surface area contributed by atoms with Crippen LogP contribution >= 0.6 is 0 Å². The van der Waals surface area contributed by atoms with Crippen molar-refractivity contribution in [3.63, 3.8) is 0 Å². The molecule has 11 nitrogen and oxygen atoms in total. The van der Waals surface area contributed by atoms with Crippen LogP contribution in [0.15, 0.2) is 12.7 Å². The van der Waals surface area contributed by atoms with Gasteiger partial charge in [-0.3, -0.25) is 14.9 Å². The molecule has 0 aliphatic carbocycles. The van der Waals surface area contributed by atoms with Gasteiger partial charge in [0.2, 0.25) is 23.7 Å². The van der Waals surface area contributed by atoms with Gasteiger partial charge in [-0.25, -0.2) is 4.98 Å². The fourth-order valence-corrected chi connectivity index (χ4v) is 1.80. The second-order valence-electron chi connectivity index (χ2n) is 4.18. The maximum atomic E-state index is 11.4. The zero-order chi connectivity index (χ0) is 14.8. The molecule has 2 amide bonds. The van der Waals surface area contributed by atoms with Crippen LogP contribution in [0.3, 0.4) is 0 Å². The number of anilines is 2. The standard InChI is InChI=1S/C10H11N9O2/c1-11-8-15-9(18-2-6(20)14-7(21)3-18)17-10(16-8)19-5-12-4-13-19/h4-5H,2-3H2,1H3,(H,14,20,21)(H,11,15,16,17). The Hall–Kier alpha value is -3.11. The van der Waals surface area contributed by atoms with E-state index >= 15 is 0 Å². The normalized spacial score (nSPS) is 15.0. The Balaban J connectivity index is 2.00. The number of imide groups is 1. The maximum Gasteiger partial charge on any atom is 0.258 e. The topological polar surface area (TPSA) is 131 Å². The van der Waals surface area contributed by atoms with Gasteiger partial charge in [0.1, 0.15) is 25.7 Å². The first-order chi connectivity index (χ1) is 10.2. The number of hydrogen-bond donors (Lipinski definition) is 2. The molecule has 3 heterocycles. The minimum absolute atomic E-state index is 0.00426. The van der Waals surface area contributed by atoms with Crippen molar-refractivity contribution in [1.82, 2.24) is 35.0 Å². The van der Waals surface area contributed by atoms with Crippen LogP contribution in [-0.4, -0.2) is 61.7 Å². The van der Waals surface area contributed by atoms with Gasteiger partial charge in [-0.05, 0) is 0 Å². The molecule has 0 atom stereocenters. The molecule has 1 aliphatic rings. The molecule has 0 bridgehead atoms. The molecule has 21 heavy (non-hydrogen) atoms. The molecule has 1 aliphatic heterocycles. The summed E-state index contributed by atoms with van der Waals surface area (Å²) in [5.74, 6) is -0.0628. The summed E-state index contributed by atoms with van der Waals surface area (Å²) in [6.07, 6.45) is 2.78. The molecule has 0 unspecified atom stereocenters. The lowest BCUT2D eigenvalue weighted by atomic mass is 10.3. The SMILES string of the molecule is CNc1nc(N2CC(=O)NC(=O)C2)nc(-n2cncn2)n1. The highest BCUT2D eigenvalue weighted by Gasteiger charge is 2.25. The summed E-state index contributed by atoms with van der Waals surface area (Å²) >= 11 is 0. The number of aromatic nitrogens is 6. The molecular formula is C10H11N9O2. The number of piperazine rings is 1. The van der Waals surface area contributed by atoms with E-state index in [4.69, 9.17) is 0 Å². The lowest BCUT2D eigenvalue weighted by Crippen LogP contribution is -2.52. The highest BCUT2D eigenvalue weighted by molar-refractivity contribution is 6.02. The monoisotopic (exact) mass is 289 g/mol. The van der Waals surface area contributed by atoms with Gasteiger partial charge in [-0.1, -0.05) is 0 Å². The molecule has 1 fully saturated rings. The van der Waals surface area contributed by atoms with Crippen molar-refractivity contribution < 1.29 is 9.59 Å². The van der Waals surface area contributed by atoms with Crippen LogP contribution in [0, 0.1) is 0 Å². The van der Waals surface area contributed by atoms with E-state index in [0.717, 1.165) is 0 Å². The fourth-order valence-electron chi connectivity index (χ4n) is 1.80. The first kappa shape index (κ1) is 12.9. The summed E-state index contributed by atoms with van der Waals surface area (Å²) < 4.78 is 1.36. The van der Waals surface area contributed by atoms with Crippen LogP contribution in [0.25, 0.3) is 5.95 Å². The summed E-state index contributed by atoms with van der Waals surface area (Å²) in [5.41, 5.74) is 0. The third-order valence-electron chi connectivity index (χ3n) is 2.69. The van der Waals surface area contributed by atoms with Crippen LogP contribution in [0.5, 0.6) is 0 Å². The zero-order valence-corrected chi connectivity index (χ0v) is 11.0. The molecule has 2 aromatic rings. The lowest BCUT2D eigenvalue weighted by Gasteiger charge is -2.25. The van der Waals surface area contributed by atoms with Crippen molar-refractivity contribution in [2.75, 3.05) is 30.4 Å². The first-order valence-electron chi connectivity index (χ1n) is 6.02. The van der Waals surface area contributed by atoms with Gasteiger partial charge in [0.25, 0.3) is 5.95 Å². The van der Waals surface area contributed by atoms with Gasteiger partial charge in [-0.15, -0.1) is 0 Å². The number of nitrogens with one attached hydrogen (secondary N) is 2. The van der Waals surface area contributed by atoms with Crippen LogP contribution in [-0.2, 0) is 9.59 Å². The molecule has 0 radical (unpaired) electrons. The summed E-state index contributed by atoms with van der Waals surface area (Å²) in [6, 6.07) is 0. The number of carbonyl (C=O) groups is 2. The van der Waals surface area contributed by atoms with Crippen molar-refractivity contribution in [3.8, 4) is 5.95 Å². The van der Waals surface area contributed by atoms with Gasteiger partial charge in [0.15, 0.2) is 0 Å². The molecule has 2 aromatic heterocycles. The Morgan fingerprint density at radius 1 is 1.14 bits per heavy atom. The quantitative estimate of drug-likeness (QED) is 0.613. The van der Waals surface area contributed by atoms with E-state index in [1.807, 2.05) is 0 Å². The highest BCUT2D eigenvalue weighted by Crippen LogP contribution is 2.13. The third-order valence-corrected chi connectivity index (χ3v) is 2.69. The second-order valence-corrected chi connectivity index (χ2v) is 4.18. The summed E-state index contributed by atoms with van der Waals surface area (Å²) in [7, 11) is 1.65. The number of nitrogens with zero attached hydrogens (tertiary/aromatic N) is 7. The lowest BCUT2D eigenvalue weighted by molar-refractivity contribution is -0.130. The van der Waals surface area contributed by atoms with Crippen LogP contribution in [0.1, 0.15) is 0 Å². The van der Waals surface area contributed by atoms with Gasteiger partial charge in [0, 0.05) is 7.05 Å². The Morgan fingerprint density at radius 2 is 1.86 bits per heavy atom. The Labute approximate surface area is 118 Å². The maximum absolute atomic E-state index is 11.4. The summed E-state index contributed by atoms with van der Waals surface area (Å²) in [6.45, 7) is -0.00852. The van der Waals surface area contributed by atoms with E-state index in [1.165, 1.54) is 22.2 Å². The molecule has 11 heteroatoms. The van der Waals surface area contributed by atoms with Crippen LogP contribution < -0.4 is 15.5 Å². The minimum atomic E-state index is -0.403. The predicted molar refractivity (Wildman–Crippen MR) is 69.7 cm³/mol. The minimum Gasteiger partial charge on any atom is -0.357 e. The van der Waals surface area contributed by atoms with E-state index in [-0.39, 0.29) is 25.0 Å². The van der Waals surface area contributed by atoms with Crippen LogP contribution in [0.2, 0.25) is 0 Å². The van der Waals surface area contributed by atoms with Crippen molar-refractivity contribution in [1.29, 1.82) is 0 Å². The van der Waals surface area contributed by atoms with Crippen molar-refractivity contribution in [2.24, 2.45) is 0 Å². The van der Waals surface area contributed by atoms with E-state index in [1.54, 1.807) is 7.05 Å². The van der Waals surface area contributed by atoms with Gasteiger partial charge >= 0.3 is 0 Å². The molecular weight excluding hydrogens is 278 g/mol. The summed E-state index contributed by atoms with van der Waals surface area (Å²) in [4.78, 5) is 40.7. The second kappa shape index (κ2) is 5.11. The predicted octanol–water partition coefficient (Wildman–Crippen LogP) is -2.04. The average molecular weight is 289 g/mol. The Bertz CT molecular complexity index is 668. The third kappa shape index (κ3) is 2.61. The molecule has 0 spiro atoms. The molecule has 3 rings (SSSR count). The molecule has 0 saturated carbocycles. The molecule has 1 saturated heterocycles. The van der Waals surface area contributed by atoms with E-state index < -0.39 is 11.8 Å². The smallest absolute Gasteiger partial charge is 0.258 e. The van der Waals surface area contributed by atoms with Crippen LogP contribution in [0.4, 0.5) is 11.9 Å². The first-order valence-corrected chi connectivity index (χ1v) is 6.02. The Morgan fingerprint density at radius 3 is 2.48 bits per heavy atom. The van der Waals surface area contributed by atoms with Crippen molar-refractivity contribution >= 4 is 23.7 Å². The zero-order valence-electron chi connectivity index (χ0n) is 11.0. The van der Waals surface area contributed by atoms with Gasteiger partial charge < -0.3 is 10.2 Å². The largest absolute Gasteiger partial charge is 0.357 e. The van der Waals surface area contributed by atoms with Gasteiger partial charge in [-0.2, -0.15) is 24.7 Å². The number of rotatable bonds is 3. The molecule has 0 aromatic carbocycles. The Kier molecular flexibility index (Phi) is 3.14.